The van der Waals surface area contributed by atoms with Crippen LogP contribution in [0.4, 0.5) is 5.69 Å². The van der Waals surface area contributed by atoms with Crippen LogP contribution in [-0.2, 0) is 9.59 Å². The minimum absolute atomic E-state index is 0.0227. The lowest BCUT2D eigenvalue weighted by atomic mass is 10.2. The lowest BCUT2D eigenvalue weighted by Crippen LogP contribution is -2.37. The molecule has 0 aliphatic carbocycles. The van der Waals surface area contributed by atoms with E-state index in [9.17, 15) is 9.59 Å². The summed E-state index contributed by atoms with van der Waals surface area (Å²) in [5.74, 6) is 2.54. The van der Waals surface area contributed by atoms with Crippen LogP contribution in [0.15, 0.2) is 48.5 Å². The van der Waals surface area contributed by atoms with E-state index in [4.69, 9.17) is 4.74 Å². The molecule has 0 saturated carbocycles. The van der Waals surface area contributed by atoms with Crippen molar-refractivity contribution in [3.63, 3.8) is 0 Å². The minimum Gasteiger partial charge on any atom is -0.484 e. The van der Waals surface area contributed by atoms with Crippen molar-refractivity contribution < 1.29 is 14.3 Å². The van der Waals surface area contributed by atoms with E-state index < -0.39 is 0 Å². The number of nitrogens with one attached hydrogen (secondary N) is 1. The first kappa shape index (κ1) is 20.6. The average molecular weight is 417 g/mol. The Bertz CT molecular complexity index is 803. The Kier molecular flexibility index (Phi) is 7.28. The smallest absolute Gasteiger partial charge is 0.260 e. The van der Waals surface area contributed by atoms with E-state index in [0.717, 1.165) is 5.56 Å². The molecule has 2 amide bonds. The van der Waals surface area contributed by atoms with Gasteiger partial charge < -0.3 is 15.0 Å². The summed E-state index contributed by atoms with van der Waals surface area (Å²) >= 11 is 3.91. The predicted octanol–water partition coefficient (Wildman–Crippen LogP) is 3.95. The maximum atomic E-state index is 12.2. The molecule has 28 heavy (non-hydrogen) atoms. The van der Waals surface area contributed by atoms with E-state index in [-0.39, 0.29) is 25.0 Å². The molecule has 0 spiro atoms. The summed E-state index contributed by atoms with van der Waals surface area (Å²) < 4.78 is 6.08. The predicted molar refractivity (Wildman–Crippen MR) is 117 cm³/mol. The van der Waals surface area contributed by atoms with Gasteiger partial charge in [-0.3, -0.25) is 9.59 Å². The summed E-state index contributed by atoms with van der Waals surface area (Å²) in [5.41, 5.74) is 3.11. The number of carbonyl (C=O) groups excluding carboxylic acids is 2. The van der Waals surface area contributed by atoms with Crippen molar-refractivity contribution in [1.29, 1.82) is 0 Å². The number of ether oxygens (including phenoxy) is 1. The highest BCUT2D eigenvalue weighted by atomic mass is 32.2. The van der Waals surface area contributed by atoms with Gasteiger partial charge >= 0.3 is 0 Å². The summed E-state index contributed by atoms with van der Waals surface area (Å²) in [6, 6.07) is 15.4. The molecule has 0 radical (unpaired) electrons. The van der Waals surface area contributed by atoms with Gasteiger partial charge in [0.2, 0.25) is 5.91 Å². The number of anilines is 1. The maximum Gasteiger partial charge on any atom is 0.260 e. The van der Waals surface area contributed by atoms with Crippen LogP contribution in [0.25, 0.3) is 0 Å². The molecule has 0 bridgehead atoms. The molecule has 1 N–H and O–H groups in total. The van der Waals surface area contributed by atoms with Gasteiger partial charge in [0.05, 0.1) is 11.1 Å². The van der Waals surface area contributed by atoms with Crippen LogP contribution in [-0.4, -0.2) is 48.4 Å². The zero-order valence-corrected chi connectivity index (χ0v) is 17.6. The van der Waals surface area contributed by atoms with E-state index in [0.29, 0.717) is 16.0 Å². The molecule has 3 rings (SSSR count). The number of thioether (sulfide) groups is 2. The molecule has 5 nitrogen and oxygen atoms in total. The van der Waals surface area contributed by atoms with Crippen molar-refractivity contribution in [2.75, 3.05) is 37.0 Å². The molecule has 1 fully saturated rings. The molecule has 0 atom stereocenters. The molecule has 148 valence electrons. The molecule has 1 saturated heterocycles. The van der Waals surface area contributed by atoms with Crippen molar-refractivity contribution in [3.05, 3.63) is 59.7 Å². The Morgan fingerprint density at radius 2 is 1.71 bits per heavy atom. The Morgan fingerprint density at radius 1 is 1.07 bits per heavy atom. The highest BCUT2D eigenvalue weighted by molar-refractivity contribution is 8.19. The van der Waals surface area contributed by atoms with Gasteiger partial charge in [0.1, 0.15) is 5.75 Å². The van der Waals surface area contributed by atoms with Gasteiger partial charge in [-0.15, -0.1) is 23.5 Å². The first-order valence-electron chi connectivity index (χ1n) is 9.08. The van der Waals surface area contributed by atoms with E-state index in [1.54, 1.807) is 7.05 Å². The fraction of sp³-hybridized carbons (Fsp3) is 0.333. The van der Waals surface area contributed by atoms with Crippen LogP contribution in [0, 0.1) is 6.92 Å². The maximum absolute atomic E-state index is 12.2. The van der Waals surface area contributed by atoms with Crippen LogP contribution >= 0.6 is 23.5 Å². The Morgan fingerprint density at radius 3 is 2.36 bits per heavy atom. The van der Waals surface area contributed by atoms with Crippen molar-refractivity contribution in [2.24, 2.45) is 0 Å². The number of carbonyl (C=O) groups is 2. The second-order valence-corrected chi connectivity index (χ2v) is 9.32. The monoisotopic (exact) mass is 416 g/mol. The molecular formula is C21H24N2O3S2. The first-order chi connectivity index (χ1) is 13.5. The van der Waals surface area contributed by atoms with Gasteiger partial charge in [0, 0.05) is 24.2 Å². The number of amides is 2. The lowest BCUT2D eigenvalue weighted by Gasteiger charge is -2.17. The number of rotatable bonds is 7. The Balaban J connectivity index is 1.43. The molecule has 0 aromatic heterocycles. The zero-order valence-electron chi connectivity index (χ0n) is 16.0. The Labute approximate surface area is 174 Å². The van der Waals surface area contributed by atoms with E-state index in [1.165, 1.54) is 22.0 Å². The average Bonchev–Trinajstić information content (AvgIpc) is 3.23. The number of aryl methyl sites for hydroxylation is 1. The second kappa shape index (κ2) is 9.89. The number of hydrogen-bond acceptors (Lipinski definition) is 5. The van der Waals surface area contributed by atoms with Crippen LogP contribution in [0.3, 0.4) is 0 Å². The topological polar surface area (TPSA) is 58.6 Å². The number of benzene rings is 2. The van der Waals surface area contributed by atoms with Gasteiger partial charge in [-0.2, -0.15) is 0 Å². The summed E-state index contributed by atoms with van der Waals surface area (Å²) in [6.07, 6.45) is 0. The fourth-order valence-electron chi connectivity index (χ4n) is 2.67. The van der Waals surface area contributed by atoms with Gasteiger partial charge in [0.25, 0.3) is 5.91 Å². The van der Waals surface area contributed by atoms with E-state index in [1.807, 2.05) is 66.8 Å². The molecule has 1 aliphatic rings. The molecule has 1 heterocycles. The summed E-state index contributed by atoms with van der Waals surface area (Å²) in [5, 5.41) is 2.78. The van der Waals surface area contributed by atoms with Gasteiger partial charge in [-0.05, 0) is 36.8 Å². The van der Waals surface area contributed by atoms with Crippen LogP contribution < -0.4 is 10.1 Å². The SMILES string of the molecule is Cc1ccc(NC(=O)CN(C)C(=O)COc2ccc(C3SCCS3)cc2)cc1. The van der Waals surface area contributed by atoms with Crippen molar-refractivity contribution in [1.82, 2.24) is 4.90 Å². The fourth-order valence-corrected chi connectivity index (χ4v) is 5.53. The summed E-state index contributed by atoms with van der Waals surface area (Å²) in [4.78, 5) is 25.7. The molecule has 0 unspecified atom stereocenters. The van der Waals surface area contributed by atoms with Gasteiger partial charge in [-0.25, -0.2) is 0 Å². The normalized spacial score (nSPS) is 13.9. The van der Waals surface area contributed by atoms with Gasteiger partial charge in [0.15, 0.2) is 6.61 Å². The van der Waals surface area contributed by atoms with Crippen LogP contribution in [0.5, 0.6) is 5.75 Å². The minimum atomic E-state index is -0.245. The summed E-state index contributed by atoms with van der Waals surface area (Å²) in [7, 11) is 1.60. The molecular weight excluding hydrogens is 392 g/mol. The highest BCUT2D eigenvalue weighted by Gasteiger charge is 2.18. The number of nitrogens with zero attached hydrogens (tertiary/aromatic N) is 1. The number of hydrogen-bond donors (Lipinski definition) is 1. The first-order valence-corrected chi connectivity index (χ1v) is 11.2. The standard InChI is InChI=1S/C21H24N2O3S2/c1-15-3-7-17(8-4-15)22-19(24)13-23(2)20(25)14-26-18-9-5-16(6-10-18)21-27-11-12-28-21/h3-10,21H,11-14H2,1-2H3,(H,22,24). The van der Waals surface area contributed by atoms with E-state index in [2.05, 4.69) is 17.4 Å². The van der Waals surface area contributed by atoms with Crippen LogP contribution in [0.2, 0.25) is 0 Å². The zero-order chi connectivity index (χ0) is 19.9. The summed E-state index contributed by atoms with van der Waals surface area (Å²) in [6.45, 7) is 1.87. The second-order valence-electron chi connectivity index (χ2n) is 6.60. The third kappa shape index (κ3) is 5.94. The Hall–Kier alpha value is -2.12. The molecule has 1 aliphatic heterocycles. The molecule has 7 heteroatoms. The van der Waals surface area contributed by atoms with Crippen molar-refractivity contribution in [3.8, 4) is 5.75 Å². The molecule has 2 aromatic carbocycles. The largest absolute Gasteiger partial charge is 0.484 e. The van der Waals surface area contributed by atoms with Crippen molar-refractivity contribution >= 4 is 41.0 Å². The molecule has 2 aromatic rings. The van der Waals surface area contributed by atoms with E-state index >= 15 is 0 Å². The quantitative estimate of drug-likeness (QED) is 0.741. The van der Waals surface area contributed by atoms with Crippen molar-refractivity contribution in [2.45, 2.75) is 11.5 Å². The third-order valence-electron chi connectivity index (χ3n) is 4.28. The lowest BCUT2D eigenvalue weighted by molar-refractivity contribution is -0.135. The highest BCUT2D eigenvalue weighted by Crippen LogP contribution is 2.45. The van der Waals surface area contributed by atoms with Crippen LogP contribution in [0.1, 0.15) is 15.7 Å². The van der Waals surface area contributed by atoms with Gasteiger partial charge in [-0.1, -0.05) is 29.8 Å². The third-order valence-corrected chi connectivity index (χ3v) is 7.38. The number of likely N-dealkylation sites (N-methyl/N-ethyl adjacent to an activating group) is 1.